The van der Waals surface area contributed by atoms with Crippen LogP contribution in [0.4, 0.5) is 0 Å². The van der Waals surface area contributed by atoms with Crippen LogP contribution >= 0.6 is 0 Å². The number of hydrogen-bond donors (Lipinski definition) is 0. The van der Waals surface area contributed by atoms with Crippen molar-refractivity contribution in [2.45, 2.75) is 0 Å². The summed E-state index contributed by atoms with van der Waals surface area (Å²) in [5, 5.41) is 0. The minimum absolute atomic E-state index is 1.15. The van der Waals surface area contributed by atoms with E-state index in [0.29, 0.717) is 0 Å². The van der Waals surface area contributed by atoms with E-state index >= 15 is 0 Å². The molecule has 0 fully saturated rings. The van der Waals surface area contributed by atoms with E-state index < -0.39 is 0 Å². The van der Waals surface area contributed by atoms with Crippen molar-refractivity contribution in [2.24, 2.45) is 0 Å². The standard InChI is InChI=1S/B5H5/c1-3-5-4-2/h1,4-5H,2H2. The number of rotatable bonds is 2. The molecule has 0 aliphatic heterocycles. The second-order valence-electron chi connectivity index (χ2n) is 1.08. The summed E-state index contributed by atoms with van der Waals surface area (Å²) in [7, 11) is 8.07. The molecule has 0 aromatic heterocycles. The Kier molecular flexibility index (Phi) is 4.61. The van der Waals surface area contributed by atoms with Crippen LogP contribution in [0.15, 0.2) is 0 Å². The molecule has 0 heterocycles. The van der Waals surface area contributed by atoms with Gasteiger partial charge in [0.1, 0.15) is 0 Å². The van der Waals surface area contributed by atoms with Crippen molar-refractivity contribution in [3.63, 3.8) is 0 Å². The van der Waals surface area contributed by atoms with Gasteiger partial charge in [-0.3, -0.25) is 0 Å². The van der Waals surface area contributed by atoms with Gasteiger partial charge in [-0.05, 0) is 0 Å². The molecule has 0 atom stereocenters. The average molecular weight is 59.1 g/mol. The Bertz CT molecular complexity index is 21.2. The van der Waals surface area contributed by atoms with Gasteiger partial charge in [0.2, 0.25) is 0 Å². The maximum atomic E-state index is 3.55. The van der Waals surface area contributed by atoms with E-state index in [1.54, 1.807) is 0 Å². The molecule has 0 saturated heterocycles. The van der Waals surface area contributed by atoms with Gasteiger partial charge < -0.3 is 0 Å². The van der Waals surface area contributed by atoms with E-state index in [4.69, 9.17) is 0 Å². The summed E-state index contributed by atoms with van der Waals surface area (Å²) in [5.74, 6) is 0. The van der Waals surface area contributed by atoms with E-state index in [-0.39, 0.29) is 0 Å². The van der Waals surface area contributed by atoms with Gasteiger partial charge >= 0.3 is 35.9 Å². The van der Waals surface area contributed by atoms with E-state index in [2.05, 4.69) is 15.1 Å². The van der Waals surface area contributed by atoms with Crippen molar-refractivity contribution in [3.8, 4) is 0 Å². The summed E-state index contributed by atoms with van der Waals surface area (Å²) >= 11 is 0. The first-order valence-corrected chi connectivity index (χ1v) is 2.02. The van der Waals surface area contributed by atoms with Gasteiger partial charge in [-0.15, -0.1) is 0 Å². The summed E-state index contributed by atoms with van der Waals surface area (Å²) in [6.07, 6.45) is 0. The predicted molar refractivity (Wildman–Crippen MR) is 35.7 cm³/mol. The van der Waals surface area contributed by atoms with Crippen molar-refractivity contribution >= 4 is 35.9 Å². The molecule has 0 radical (unpaired) electrons. The topological polar surface area (TPSA) is 0 Å². The molecule has 0 nitrogen and oxygen atoms in total. The van der Waals surface area contributed by atoms with Crippen LogP contribution in [-0.2, 0) is 0 Å². The van der Waals surface area contributed by atoms with E-state index in [1.165, 1.54) is 7.06 Å². The Balaban J connectivity index is 2.40. The minimum atomic E-state index is 1.15. The van der Waals surface area contributed by atoms with Gasteiger partial charge in [0.15, 0.2) is 0 Å². The van der Waals surface area contributed by atoms with Gasteiger partial charge in [-0.1, -0.05) is 0 Å². The molecule has 0 N–H and O–H groups in total. The first-order chi connectivity index (χ1) is 2.41. The van der Waals surface area contributed by atoms with Gasteiger partial charge in [0.05, 0.1) is 0 Å². The van der Waals surface area contributed by atoms with Crippen LogP contribution in [0, 0.1) is 0 Å². The molecule has 20 valence electrons. The molecule has 0 amide bonds. The molecular weight excluding hydrogens is 54.1 g/mol. The van der Waals surface area contributed by atoms with Crippen molar-refractivity contribution in [3.05, 3.63) is 0 Å². The molecule has 5 heavy (non-hydrogen) atoms. The van der Waals surface area contributed by atoms with Crippen LogP contribution in [0.5, 0.6) is 0 Å². The molecule has 0 rings (SSSR count). The van der Waals surface area contributed by atoms with E-state index in [9.17, 15) is 0 Å². The van der Waals surface area contributed by atoms with Gasteiger partial charge in [-0.25, -0.2) is 0 Å². The molecular formula is H5B5. The molecule has 0 aliphatic rings. The normalized spacial score (nSPS) is 4.60. The molecule has 0 aliphatic carbocycles. The fourth-order valence-corrected chi connectivity index (χ4v) is 0.204. The molecule has 0 bridgehead atoms. The Morgan fingerprint density at radius 3 is 2.40 bits per heavy atom. The number of hydrogen-bond acceptors (Lipinski definition) is 0. The molecule has 0 saturated carbocycles. The summed E-state index contributed by atoms with van der Waals surface area (Å²) < 4.78 is 0. The van der Waals surface area contributed by atoms with Crippen molar-refractivity contribution < 1.29 is 0 Å². The summed E-state index contributed by atoms with van der Waals surface area (Å²) in [6, 6.07) is 0. The van der Waals surface area contributed by atoms with Crippen molar-refractivity contribution in [1.82, 2.24) is 0 Å². The zero-order valence-corrected chi connectivity index (χ0v) is 3.70. The van der Waals surface area contributed by atoms with Crippen LogP contribution in [0.2, 0.25) is 0 Å². The fraction of sp³-hybridized carbons (Fsp3) is 0. The molecule has 5 heteroatoms. The van der Waals surface area contributed by atoms with Gasteiger partial charge in [-0.2, -0.15) is 0 Å². The second-order valence-corrected chi connectivity index (χ2v) is 1.08. The Morgan fingerprint density at radius 2 is 2.40 bits per heavy atom. The van der Waals surface area contributed by atoms with Gasteiger partial charge in [0.25, 0.3) is 0 Å². The van der Waals surface area contributed by atoms with E-state index in [0.717, 1.165) is 7.06 Å². The monoisotopic (exact) mass is 60.1 g/mol. The second kappa shape index (κ2) is 4.32. The molecule has 0 unspecified atom stereocenters. The maximum absolute atomic E-state index is 3.55. The first kappa shape index (κ1) is 5.32. The Labute approximate surface area is 36.8 Å². The quantitative estimate of drug-likeness (QED) is 0.293. The third-order valence-electron chi connectivity index (χ3n) is 0.493. The van der Waals surface area contributed by atoms with E-state index in [1.807, 2.05) is 6.69 Å². The van der Waals surface area contributed by atoms with Crippen molar-refractivity contribution in [1.29, 1.82) is 0 Å². The third-order valence-corrected chi connectivity index (χ3v) is 0.493. The molecule has 0 spiro atoms. The SMILES string of the molecule is B=BBBB. The van der Waals surface area contributed by atoms with Crippen LogP contribution in [0.3, 0.4) is 0 Å². The predicted octanol–water partition coefficient (Wildman–Crippen LogP) is -3.24. The third kappa shape index (κ3) is 4.32. The molecule has 0 aromatic carbocycles. The summed E-state index contributed by atoms with van der Waals surface area (Å²) in [4.78, 5) is 0. The van der Waals surface area contributed by atoms with Crippen LogP contribution < -0.4 is 0 Å². The Morgan fingerprint density at radius 1 is 1.80 bits per heavy atom. The summed E-state index contributed by atoms with van der Waals surface area (Å²) in [6.45, 7) is 1.93. The first-order valence-electron chi connectivity index (χ1n) is 2.02. The summed E-state index contributed by atoms with van der Waals surface area (Å²) in [5.41, 5.74) is 0. The Hall–Kier alpha value is 0.325. The van der Waals surface area contributed by atoms with Crippen LogP contribution in [-0.4, -0.2) is 35.9 Å². The van der Waals surface area contributed by atoms with Crippen LogP contribution in [0.1, 0.15) is 0 Å². The zero-order valence-electron chi connectivity index (χ0n) is 3.70. The van der Waals surface area contributed by atoms with Crippen LogP contribution in [0.25, 0.3) is 0 Å². The zero-order chi connectivity index (χ0) is 4.12. The van der Waals surface area contributed by atoms with Gasteiger partial charge in [0, 0.05) is 0 Å². The molecule has 0 aromatic rings. The average Bonchev–Trinajstić information content (AvgIpc) is 1.41. The fourth-order valence-electron chi connectivity index (χ4n) is 0.204. The van der Waals surface area contributed by atoms with Crippen molar-refractivity contribution in [2.75, 3.05) is 0 Å².